The van der Waals surface area contributed by atoms with Gasteiger partial charge >= 0.3 is 6.03 Å². The standard InChI is InChI=1S/C15H19N3O3/c1-15(2)9-12(19)18(13(15)20)11-7-5-6-10(8-11)16-14(21)17(3)4/h5-8H,9H2,1-4H3,(H,16,21). The summed E-state index contributed by atoms with van der Waals surface area (Å²) in [7, 11) is 3.27. The minimum atomic E-state index is -0.681. The van der Waals surface area contributed by atoms with Gasteiger partial charge in [0, 0.05) is 26.2 Å². The van der Waals surface area contributed by atoms with Crippen molar-refractivity contribution in [3.8, 4) is 0 Å². The average molecular weight is 289 g/mol. The van der Waals surface area contributed by atoms with Gasteiger partial charge in [-0.15, -0.1) is 0 Å². The summed E-state index contributed by atoms with van der Waals surface area (Å²) in [5.74, 6) is -0.440. The molecule has 0 aliphatic carbocycles. The lowest BCUT2D eigenvalue weighted by Gasteiger charge is -2.19. The van der Waals surface area contributed by atoms with Gasteiger partial charge in [0.15, 0.2) is 0 Å². The summed E-state index contributed by atoms with van der Waals surface area (Å²) in [5, 5.41) is 2.69. The van der Waals surface area contributed by atoms with E-state index in [-0.39, 0.29) is 24.3 Å². The van der Waals surface area contributed by atoms with Crippen LogP contribution in [0.4, 0.5) is 16.2 Å². The number of nitrogens with zero attached hydrogens (tertiary/aromatic N) is 2. The Balaban J connectivity index is 2.28. The molecule has 0 bridgehead atoms. The lowest BCUT2D eigenvalue weighted by atomic mass is 9.92. The fourth-order valence-corrected chi connectivity index (χ4v) is 2.17. The van der Waals surface area contributed by atoms with Crippen LogP contribution in [0, 0.1) is 5.41 Å². The molecule has 21 heavy (non-hydrogen) atoms. The fraction of sp³-hybridized carbons (Fsp3) is 0.400. The van der Waals surface area contributed by atoms with Gasteiger partial charge in [-0.25, -0.2) is 9.69 Å². The van der Waals surface area contributed by atoms with Crippen LogP contribution in [0.25, 0.3) is 0 Å². The van der Waals surface area contributed by atoms with Crippen molar-refractivity contribution in [2.75, 3.05) is 24.3 Å². The second-order valence-electron chi connectivity index (χ2n) is 5.97. The third-order valence-corrected chi connectivity index (χ3v) is 3.39. The van der Waals surface area contributed by atoms with Gasteiger partial charge in [0.25, 0.3) is 0 Å². The third kappa shape index (κ3) is 2.89. The number of amides is 4. The molecule has 0 unspecified atom stereocenters. The maximum absolute atomic E-state index is 12.3. The molecule has 1 aliphatic heterocycles. The Morgan fingerprint density at radius 2 is 1.95 bits per heavy atom. The molecule has 2 rings (SSSR count). The molecule has 0 radical (unpaired) electrons. The van der Waals surface area contributed by atoms with E-state index in [2.05, 4.69) is 5.32 Å². The highest BCUT2D eigenvalue weighted by Gasteiger charge is 2.45. The van der Waals surface area contributed by atoms with E-state index in [4.69, 9.17) is 0 Å². The number of hydrogen-bond donors (Lipinski definition) is 1. The highest BCUT2D eigenvalue weighted by Crippen LogP contribution is 2.35. The molecule has 6 heteroatoms. The topological polar surface area (TPSA) is 69.7 Å². The number of benzene rings is 1. The maximum Gasteiger partial charge on any atom is 0.321 e. The Kier molecular flexibility index (Phi) is 3.72. The molecule has 1 aliphatic rings. The van der Waals surface area contributed by atoms with Crippen LogP contribution in [0.1, 0.15) is 20.3 Å². The second kappa shape index (κ2) is 5.20. The first-order chi connectivity index (χ1) is 9.72. The van der Waals surface area contributed by atoms with Gasteiger partial charge in [-0.3, -0.25) is 9.59 Å². The molecule has 0 spiro atoms. The average Bonchev–Trinajstić information content (AvgIpc) is 2.58. The van der Waals surface area contributed by atoms with Crippen molar-refractivity contribution in [1.29, 1.82) is 0 Å². The molecule has 1 saturated heterocycles. The minimum Gasteiger partial charge on any atom is -0.331 e. The van der Waals surface area contributed by atoms with Gasteiger partial charge in [-0.1, -0.05) is 19.9 Å². The third-order valence-electron chi connectivity index (χ3n) is 3.39. The van der Waals surface area contributed by atoms with Crippen molar-refractivity contribution < 1.29 is 14.4 Å². The summed E-state index contributed by atoms with van der Waals surface area (Å²) in [6.07, 6.45) is 0.195. The van der Waals surface area contributed by atoms with Crippen LogP contribution < -0.4 is 10.2 Å². The van der Waals surface area contributed by atoms with Crippen LogP contribution in [0.15, 0.2) is 24.3 Å². The van der Waals surface area contributed by atoms with E-state index in [1.807, 2.05) is 0 Å². The number of urea groups is 1. The molecule has 1 aromatic rings. The van der Waals surface area contributed by atoms with Crippen LogP contribution in [-0.2, 0) is 9.59 Å². The monoisotopic (exact) mass is 289 g/mol. The predicted octanol–water partition coefficient (Wildman–Crippen LogP) is 2.07. The van der Waals surface area contributed by atoms with E-state index in [1.54, 1.807) is 52.2 Å². The van der Waals surface area contributed by atoms with Crippen LogP contribution in [-0.4, -0.2) is 36.8 Å². The summed E-state index contributed by atoms with van der Waals surface area (Å²) in [6, 6.07) is 6.45. The largest absolute Gasteiger partial charge is 0.331 e. The number of anilines is 2. The molecule has 1 fully saturated rings. The SMILES string of the molecule is CN(C)C(=O)Nc1cccc(N2C(=O)CC(C)(C)C2=O)c1. The maximum atomic E-state index is 12.3. The van der Waals surface area contributed by atoms with Gasteiger partial charge in [0.1, 0.15) is 0 Å². The van der Waals surface area contributed by atoms with Gasteiger partial charge < -0.3 is 10.2 Å². The van der Waals surface area contributed by atoms with E-state index in [1.165, 1.54) is 9.80 Å². The quantitative estimate of drug-likeness (QED) is 0.847. The molecule has 112 valence electrons. The summed E-state index contributed by atoms with van der Waals surface area (Å²) in [6.45, 7) is 3.51. The Hall–Kier alpha value is -2.37. The summed E-state index contributed by atoms with van der Waals surface area (Å²) in [4.78, 5) is 38.6. The van der Waals surface area contributed by atoms with Gasteiger partial charge in [0.2, 0.25) is 11.8 Å². The summed E-state index contributed by atoms with van der Waals surface area (Å²) >= 11 is 0. The zero-order valence-electron chi connectivity index (χ0n) is 12.6. The first kappa shape index (κ1) is 15.0. The molecule has 0 atom stereocenters. The van der Waals surface area contributed by atoms with Gasteiger partial charge in [-0.2, -0.15) is 0 Å². The number of imide groups is 1. The summed E-state index contributed by atoms with van der Waals surface area (Å²) < 4.78 is 0. The van der Waals surface area contributed by atoms with Gasteiger partial charge in [-0.05, 0) is 18.2 Å². The number of rotatable bonds is 2. The highest BCUT2D eigenvalue weighted by atomic mass is 16.2. The normalized spacial score (nSPS) is 17.0. The van der Waals surface area contributed by atoms with Crippen LogP contribution in [0.5, 0.6) is 0 Å². The lowest BCUT2D eigenvalue weighted by Crippen LogP contribution is -2.33. The van der Waals surface area contributed by atoms with E-state index >= 15 is 0 Å². The van der Waals surface area contributed by atoms with Crippen LogP contribution in [0.2, 0.25) is 0 Å². The van der Waals surface area contributed by atoms with E-state index < -0.39 is 5.41 Å². The van der Waals surface area contributed by atoms with E-state index in [0.717, 1.165) is 0 Å². The minimum absolute atomic E-state index is 0.195. The van der Waals surface area contributed by atoms with Crippen LogP contribution in [0.3, 0.4) is 0 Å². The number of carbonyl (C=O) groups excluding carboxylic acids is 3. The molecule has 1 heterocycles. The van der Waals surface area contributed by atoms with Crippen molar-refractivity contribution in [2.45, 2.75) is 20.3 Å². The zero-order valence-corrected chi connectivity index (χ0v) is 12.6. The van der Waals surface area contributed by atoms with Crippen molar-refractivity contribution in [1.82, 2.24) is 4.90 Å². The van der Waals surface area contributed by atoms with Crippen molar-refractivity contribution in [3.63, 3.8) is 0 Å². The number of carbonyl (C=O) groups is 3. The highest BCUT2D eigenvalue weighted by molar-refractivity contribution is 6.22. The Morgan fingerprint density at radius 1 is 1.29 bits per heavy atom. The van der Waals surface area contributed by atoms with Gasteiger partial charge in [0.05, 0.1) is 11.1 Å². The molecule has 6 nitrogen and oxygen atoms in total. The first-order valence-electron chi connectivity index (χ1n) is 6.68. The smallest absolute Gasteiger partial charge is 0.321 e. The van der Waals surface area contributed by atoms with Crippen molar-refractivity contribution >= 4 is 29.2 Å². The second-order valence-corrected chi connectivity index (χ2v) is 5.97. The van der Waals surface area contributed by atoms with Crippen molar-refractivity contribution in [3.05, 3.63) is 24.3 Å². The Morgan fingerprint density at radius 3 is 2.48 bits per heavy atom. The summed E-state index contributed by atoms with van der Waals surface area (Å²) in [5.41, 5.74) is 0.337. The van der Waals surface area contributed by atoms with Crippen LogP contribution >= 0.6 is 0 Å². The Bertz CT molecular complexity index is 608. The molecular formula is C15H19N3O3. The van der Waals surface area contributed by atoms with E-state index in [0.29, 0.717) is 11.4 Å². The number of nitrogens with one attached hydrogen (secondary N) is 1. The molecule has 0 aromatic heterocycles. The lowest BCUT2D eigenvalue weighted by molar-refractivity contribution is -0.124. The molecular weight excluding hydrogens is 270 g/mol. The molecule has 1 N–H and O–H groups in total. The molecule has 1 aromatic carbocycles. The Labute approximate surface area is 123 Å². The van der Waals surface area contributed by atoms with E-state index in [9.17, 15) is 14.4 Å². The zero-order chi connectivity index (χ0) is 15.8. The number of hydrogen-bond acceptors (Lipinski definition) is 3. The molecule has 0 saturated carbocycles. The first-order valence-corrected chi connectivity index (χ1v) is 6.68. The van der Waals surface area contributed by atoms with Crippen molar-refractivity contribution in [2.24, 2.45) is 5.41 Å². The molecule has 4 amide bonds. The predicted molar refractivity (Wildman–Crippen MR) is 80.0 cm³/mol. The fourth-order valence-electron chi connectivity index (χ4n) is 2.17.